The lowest BCUT2D eigenvalue weighted by Gasteiger charge is -2.21. The second kappa shape index (κ2) is 7.60. The minimum absolute atomic E-state index is 0.389. The second-order valence-corrected chi connectivity index (χ2v) is 6.06. The summed E-state index contributed by atoms with van der Waals surface area (Å²) in [6.45, 7) is 2.78. The van der Waals surface area contributed by atoms with Crippen LogP contribution in [0.1, 0.15) is 31.2 Å². The fourth-order valence-corrected chi connectivity index (χ4v) is 3.00. The highest BCUT2D eigenvalue weighted by Gasteiger charge is 2.16. The first kappa shape index (κ1) is 15.3. The molecule has 0 aliphatic heterocycles. The third kappa shape index (κ3) is 4.46. The molecule has 1 saturated carbocycles. The van der Waals surface area contributed by atoms with Crippen LogP contribution < -0.4 is 10.5 Å². The van der Waals surface area contributed by atoms with E-state index < -0.39 is 0 Å². The predicted octanol–water partition coefficient (Wildman–Crippen LogP) is 2.82. The smallest absolute Gasteiger partial charge is 0.129 e. The Morgan fingerprint density at radius 3 is 2.75 bits per heavy atom. The number of rotatable bonds is 7. The van der Waals surface area contributed by atoms with Gasteiger partial charge in [-0.05, 0) is 37.9 Å². The van der Waals surface area contributed by atoms with Gasteiger partial charge >= 0.3 is 0 Å². The molecule has 1 aromatic rings. The van der Waals surface area contributed by atoms with Crippen LogP contribution in [0.5, 0.6) is 5.75 Å². The van der Waals surface area contributed by atoms with Gasteiger partial charge in [0, 0.05) is 13.1 Å². The Hall–Kier alpha value is -1.13. The Bertz CT molecular complexity index is 444. The molecule has 0 radical (unpaired) electrons. The summed E-state index contributed by atoms with van der Waals surface area (Å²) >= 11 is 5.03. The molecule has 1 fully saturated rings. The fraction of sp³-hybridized carbons (Fsp3) is 0.562. The number of hydrogen-bond acceptors (Lipinski definition) is 3. The maximum atomic E-state index is 5.82. The molecule has 110 valence electrons. The summed E-state index contributed by atoms with van der Waals surface area (Å²) in [5, 5.41) is 0. The summed E-state index contributed by atoms with van der Waals surface area (Å²) in [5.41, 5.74) is 6.52. The highest BCUT2D eigenvalue weighted by molar-refractivity contribution is 7.80. The topological polar surface area (TPSA) is 38.5 Å². The molecular formula is C16H24N2OS. The molecule has 0 atom stereocenters. The second-order valence-electron chi connectivity index (χ2n) is 5.62. The summed E-state index contributed by atoms with van der Waals surface area (Å²) < 4.78 is 5.82. The van der Waals surface area contributed by atoms with Crippen molar-refractivity contribution in [2.45, 2.75) is 25.7 Å². The monoisotopic (exact) mass is 292 g/mol. The lowest BCUT2D eigenvalue weighted by molar-refractivity contribution is 0.215. The average molecular weight is 292 g/mol. The van der Waals surface area contributed by atoms with E-state index in [0.717, 1.165) is 23.8 Å². The molecule has 0 amide bonds. The third-order valence-corrected chi connectivity index (χ3v) is 4.15. The van der Waals surface area contributed by atoms with Crippen LogP contribution in [0.3, 0.4) is 0 Å². The lowest BCUT2D eigenvalue weighted by Crippen LogP contribution is -2.29. The van der Waals surface area contributed by atoms with Crippen molar-refractivity contribution in [2.75, 3.05) is 26.7 Å². The van der Waals surface area contributed by atoms with Gasteiger partial charge in [0.05, 0.1) is 5.56 Å². The van der Waals surface area contributed by atoms with E-state index >= 15 is 0 Å². The SMILES string of the molecule is CN(CCOc1ccccc1C(N)=S)CC1CCCC1. The molecule has 1 aliphatic rings. The first-order valence-corrected chi connectivity index (χ1v) is 7.78. The van der Waals surface area contributed by atoms with Crippen LogP contribution in [0.2, 0.25) is 0 Å². The number of nitrogens with two attached hydrogens (primary N) is 1. The molecule has 20 heavy (non-hydrogen) atoms. The zero-order chi connectivity index (χ0) is 14.4. The van der Waals surface area contributed by atoms with Crippen LogP contribution in [-0.4, -0.2) is 36.6 Å². The van der Waals surface area contributed by atoms with Crippen molar-refractivity contribution in [1.82, 2.24) is 4.90 Å². The normalized spacial score (nSPS) is 15.7. The zero-order valence-electron chi connectivity index (χ0n) is 12.2. The molecule has 1 aliphatic carbocycles. The van der Waals surface area contributed by atoms with E-state index in [1.54, 1.807) is 0 Å². The summed E-state index contributed by atoms with van der Waals surface area (Å²) in [7, 11) is 2.17. The maximum absolute atomic E-state index is 5.82. The largest absolute Gasteiger partial charge is 0.492 e. The van der Waals surface area contributed by atoms with E-state index in [1.165, 1.54) is 32.2 Å². The Labute approximate surface area is 127 Å². The van der Waals surface area contributed by atoms with Crippen molar-refractivity contribution in [3.05, 3.63) is 29.8 Å². The Morgan fingerprint density at radius 1 is 1.35 bits per heavy atom. The van der Waals surface area contributed by atoms with Gasteiger partial charge < -0.3 is 15.4 Å². The minimum atomic E-state index is 0.389. The molecule has 0 unspecified atom stereocenters. The van der Waals surface area contributed by atoms with E-state index in [1.807, 2.05) is 24.3 Å². The van der Waals surface area contributed by atoms with Gasteiger partial charge in [-0.1, -0.05) is 37.2 Å². The van der Waals surface area contributed by atoms with E-state index in [0.29, 0.717) is 11.6 Å². The third-order valence-electron chi connectivity index (χ3n) is 3.93. The van der Waals surface area contributed by atoms with Gasteiger partial charge in [-0.15, -0.1) is 0 Å². The summed E-state index contributed by atoms with van der Waals surface area (Å²) in [6.07, 6.45) is 5.57. The van der Waals surface area contributed by atoms with Crippen LogP contribution >= 0.6 is 12.2 Å². The Balaban J connectivity index is 1.76. The maximum Gasteiger partial charge on any atom is 0.129 e. The summed E-state index contributed by atoms with van der Waals surface area (Å²) in [5.74, 6) is 1.66. The van der Waals surface area contributed by atoms with Gasteiger partial charge in [-0.25, -0.2) is 0 Å². The minimum Gasteiger partial charge on any atom is -0.492 e. The fourth-order valence-electron chi connectivity index (χ4n) is 2.83. The highest BCUT2D eigenvalue weighted by atomic mass is 32.1. The van der Waals surface area contributed by atoms with Crippen molar-refractivity contribution in [3.8, 4) is 5.75 Å². The molecule has 1 aromatic carbocycles. The van der Waals surface area contributed by atoms with Gasteiger partial charge in [-0.3, -0.25) is 0 Å². The van der Waals surface area contributed by atoms with Crippen molar-refractivity contribution >= 4 is 17.2 Å². The number of thiocarbonyl (C=S) groups is 1. The number of likely N-dealkylation sites (N-methyl/N-ethyl adjacent to an activating group) is 1. The average Bonchev–Trinajstić information content (AvgIpc) is 2.92. The number of ether oxygens (including phenoxy) is 1. The van der Waals surface area contributed by atoms with Crippen molar-refractivity contribution in [2.24, 2.45) is 11.7 Å². The van der Waals surface area contributed by atoms with Gasteiger partial charge in [0.25, 0.3) is 0 Å². The number of nitrogens with zero attached hydrogens (tertiary/aromatic N) is 1. The Kier molecular flexibility index (Phi) is 5.80. The first-order chi connectivity index (χ1) is 9.66. The van der Waals surface area contributed by atoms with E-state index in [9.17, 15) is 0 Å². The van der Waals surface area contributed by atoms with Crippen LogP contribution in [0.15, 0.2) is 24.3 Å². The van der Waals surface area contributed by atoms with Crippen LogP contribution in [-0.2, 0) is 0 Å². The quantitative estimate of drug-likeness (QED) is 0.784. The van der Waals surface area contributed by atoms with Crippen molar-refractivity contribution in [1.29, 1.82) is 0 Å². The van der Waals surface area contributed by atoms with Crippen LogP contribution in [0.25, 0.3) is 0 Å². The summed E-state index contributed by atoms with van der Waals surface area (Å²) in [6, 6.07) is 7.69. The Morgan fingerprint density at radius 2 is 2.05 bits per heavy atom. The van der Waals surface area contributed by atoms with Gasteiger partial charge in [0.2, 0.25) is 0 Å². The molecule has 0 spiro atoms. The molecule has 0 saturated heterocycles. The van der Waals surface area contributed by atoms with E-state index in [4.69, 9.17) is 22.7 Å². The van der Waals surface area contributed by atoms with Crippen LogP contribution in [0.4, 0.5) is 0 Å². The molecular weight excluding hydrogens is 268 g/mol. The molecule has 4 heteroatoms. The predicted molar refractivity (Wildman–Crippen MR) is 87.3 cm³/mol. The molecule has 0 bridgehead atoms. The summed E-state index contributed by atoms with van der Waals surface area (Å²) in [4.78, 5) is 2.75. The van der Waals surface area contributed by atoms with Crippen LogP contribution in [0, 0.1) is 5.92 Å². The van der Waals surface area contributed by atoms with Gasteiger partial charge in [-0.2, -0.15) is 0 Å². The van der Waals surface area contributed by atoms with Gasteiger partial charge in [0.1, 0.15) is 17.3 Å². The standard InChI is InChI=1S/C16H24N2OS/c1-18(12-13-6-2-3-7-13)10-11-19-15-9-5-4-8-14(15)16(17)20/h4-5,8-9,13H,2-3,6-7,10-12H2,1H3,(H2,17,20). The molecule has 3 nitrogen and oxygen atoms in total. The molecule has 0 heterocycles. The highest BCUT2D eigenvalue weighted by Crippen LogP contribution is 2.25. The van der Waals surface area contributed by atoms with E-state index in [-0.39, 0.29) is 0 Å². The lowest BCUT2D eigenvalue weighted by atomic mass is 10.1. The van der Waals surface area contributed by atoms with E-state index in [2.05, 4.69) is 11.9 Å². The van der Waals surface area contributed by atoms with Crippen molar-refractivity contribution in [3.63, 3.8) is 0 Å². The molecule has 2 N–H and O–H groups in total. The molecule has 0 aromatic heterocycles. The van der Waals surface area contributed by atoms with Gasteiger partial charge in [0.15, 0.2) is 0 Å². The number of para-hydroxylation sites is 1. The molecule has 2 rings (SSSR count). The first-order valence-electron chi connectivity index (χ1n) is 7.37. The van der Waals surface area contributed by atoms with Crippen molar-refractivity contribution < 1.29 is 4.74 Å². The zero-order valence-corrected chi connectivity index (χ0v) is 13.0. The number of hydrogen-bond donors (Lipinski definition) is 1. The number of benzene rings is 1.